The van der Waals surface area contributed by atoms with E-state index in [1.165, 1.54) is 6.07 Å². The van der Waals surface area contributed by atoms with Crippen LogP contribution in [0.5, 0.6) is 0 Å². The predicted molar refractivity (Wildman–Crippen MR) is 101 cm³/mol. The highest BCUT2D eigenvalue weighted by Gasteiger charge is 2.13. The van der Waals surface area contributed by atoms with Gasteiger partial charge in [-0.05, 0) is 30.3 Å². The van der Waals surface area contributed by atoms with Crippen molar-refractivity contribution in [3.63, 3.8) is 0 Å². The summed E-state index contributed by atoms with van der Waals surface area (Å²) in [5, 5.41) is 3.65. The van der Waals surface area contributed by atoms with Crippen molar-refractivity contribution in [2.75, 3.05) is 17.7 Å². The number of carbonyl (C=O) groups excluding carboxylic acids is 2. The predicted octanol–water partition coefficient (Wildman–Crippen LogP) is 4.41. The van der Waals surface area contributed by atoms with E-state index < -0.39 is 18.5 Å². The van der Waals surface area contributed by atoms with Gasteiger partial charge in [-0.15, -0.1) is 0 Å². The van der Waals surface area contributed by atoms with Crippen molar-refractivity contribution in [2.24, 2.45) is 0 Å². The number of ether oxygens (including phenoxy) is 1. The lowest BCUT2D eigenvalue weighted by Gasteiger charge is -2.08. The second-order valence-corrected chi connectivity index (χ2v) is 6.84. The number of para-hydroxylation sites is 2. The van der Waals surface area contributed by atoms with Crippen LogP contribution in [-0.4, -0.2) is 29.2 Å². The van der Waals surface area contributed by atoms with E-state index in [4.69, 9.17) is 32.4 Å². The van der Waals surface area contributed by atoms with Crippen molar-refractivity contribution in [1.82, 2.24) is 4.98 Å². The van der Waals surface area contributed by atoms with Crippen LogP contribution in [-0.2, 0) is 14.3 Å². The number of nitrogens with zero attached hydrogens (tertiary/aromatic N) is 1. The summed E-state index contributed by atoms with van der Waals surface area (Å²) in [6, 6.07) is 11.9. The number of amides is 1. The van der Waals surface area contributed by atoms with E-state index in [1.54, 1.807) is 18.2 Å². The smallest absolute Gasteiger partial charge is 0.316 e. The molecule has 6 nitrogen and oxygen atoms in total. The van der Waals surface area contributed by atoms with Crippen LogP contribution >= 0.6 is 35.0 Å². The van der Waals surface area contributed by atoms with Gasteiger partial charge < -0.3 is 14.5 Å². The summed E-state index contributed by atoms with van der Waals surface area (Å²) in [6.45, 7) is -0.435. The van der Waals surface area contributed by atoms with E-state index in [-0.39, 0.29) is 5.75 Å². The summed E-state index contributed by atoms with van der Waals surface area (Å²) in [4.78, 5) is 27.8. The largest absolute Gasteiger partial charge is 0.455 e. The molecule has 2 aromatic carbocycles. The third-order valence-corrected chi connectivity index (χ3v) is 4.52. The molecule has 26 heavy (non-hydrogen) atoms. The second-order valence-electron chi connectivity index (χ2n) is 5.07. The monoisotopic (exact) mass is 410 g/mol. The normalized spacial score (nSPS) is 10.7. The molecule has 0 aliphatic rings. The molecule has 3 aromatic rings. The van der Waals surface area contributed by atoms with E-state index >= 15 is 0 Å². The van der Waals surface area contributed by atoms with Crippen molar-refractivity contribution >= 4 is 63.6 Å². The van der Waals surface area contributed by atoms with Crippen LogP contribution in [0.4, 0.5) is 5.69 Å². The number of benzene rings is 2. The lowest BCUT2D eigenvalue weighted by atomic mass is 10.3. The number of rotatable bonds is 6. The SMILES string of the molecule is O=C(COC(=O)CSc1nc2ccccc2o1)Nc1cc(Cl)ccc1Cl. The minimum atomic E-state index is -0.565. The molecule has 1 heterocycles. The first-order chi connectivity index (χ1) is 12.5. The summed E-state index contributed by atoms with van der Waals surface area (Å²) in [6.07, 6.45) is 0. The number of halogens is 2. The van der Waals surface area contributed by atoms with Crippen LogP contribution in [0.3, 0.4) is 0 Å². The Morgan fingerprint density at radius 1 is 1.19 bits per heavy atom. The van der Waals surface area contributed by atoms with E-state index in [1.807, 2.05) is 18.2 Å². The molecule has 0 unspecified atom stereocenters. The zero-order valence-electron chi connectivity index (χ0n) is 13.2. The Bertz CT molecular complexity index is 928. The molecule has 0 saturated carbocycles. The van der Waals surface area contributed by atoms with Gasteiger partial charge in [0.25, 0.3) is 11.1 Å². The van der Waals surface area contributed by atoms with Crippen molar-refractivity contribution in [3.8, 4) is 0 Å². The van der Waals surface area contributed by atoms with Gasteiger partial charge in [-0.3, -0.25) is 9.59 Å². The standard InChI is InChI=1S/C17H12Cl2N2O4S/c18-10-5-6-11(19)13(7-10)20-15(22)8-24-16(23)9-26-17-21-12-3-1-2-4-14(12)25-17/h1-7H,8-9H2,(H,20,22). The average Bonchev–Trinajstić information content (AvgIpc) is 3.04. The van der Waals surface area contributed by atoms with Gasteiger partial charge in [0.05, 0.1) is 10.7 Å². The van der Waals surface area contributed by atoms with Gasteiger partial charge in [-0.2, -0.15) is 0 Å². The molecule has 0 aliphatic heterocycles. The number of carbonyl (C=O) groups is 2. The number of anilines is 1. The zero-order valence-corrected chi connectivity index (χ0v) is 15.5. The first kappa shape index (κ1) is 18.6. The van der Waals surface area contributed by atoms with Crippen molar-refractivity contribution in [2.45, 2.75) is 5.22 Å². The van der Waals surface area contributed by atoms with Gasteiger partial charge in [-0.25, -0.2) is 4.98 Å². The molecule has 1 N–H and O–H groups in total. The summed E-state index contributed by atoms with van der Waals surface area (Å²) in [5.74, 6) is -1.11. The molecule has 1 aromatic heterocycles. The van der Waals surface area contributed by atoms with Gasteiger partial charge in [-0.1, -0.05) is 47.1 Å². The summed E-state index contributed by atoms with van der Waals surface area (Å²) in [5.41, 5.74) is 1.70. The fourth-order valence-electron chi connectivity index (χ4n) is 2.00. The molecule has 134 valence electrons. The molecule has 0 fully saturated rings. The topological polar surface area (TPSA) is 81.4 Å². The molecule has 0 radical (unpaired) electrons. The number of esters is 1. The van der Waals surface area contributed by atoms with Crippen LogP contribution < -0.4 is 5.32 Å². The fraction of sp³-hybridized carbons (Fsp3) is 0.118. The summed E-state index contributed by atoms with van der Waals surface area (Å²) in [7, 11) is 0. The third-order valence-electron chi connectivity index (χ3n) is 3.15. The number of hydrogen-bond acceptors (Lipinski definition) is 6. The fourth-order valence-corrected chi connectivity index (χ4v) is 2.97. The Labute approximate surface area is 162 Å². The molecule has 0 saturated heterocycles. The number of aromatic nitrogens is 1. The Morgan fingerprint density at radius 3 is 2.81 bits per heavy atom. The molecule has 0 aliphatic carbocycles. The highest BCUT2D eigenvalue weighted by molar-refractivity contribution is 7.99. The third kappa shape index (κ3) is 4.91. The van der Waals surface area contributed by atoms with Crippen LogP contribution in [0.15, 0.2) is 52.1 Å². The minimum absolute atomic E-state index is 0.0297. The summed E-state index contributed by atoms with van der Waals surface area (Å²) >= 11 is 12.9. The quantitative estimate of drug-likeness (QED) is 0.478. The van der Waals surface area contributed by atoms with Crippen LogP contribution in [0.25, 0.3) is 11.1 Å². The van der Waals surface area contributed by atoms with E-state index in [0.29, 0.717) is 32.1 Å². The van der Waals surface area contributed by atoms with Crippen molar-refractivity contribution < 1.29 is 18.7 Å². The number of oxazole rings is 1. The van der Waals surface area contributed by atoms with Gasteiger partial charge in [0, 0.05) is 5.02 Å². The van der Waals surface area contributed by atoms with E-state index in [9.17, 15) is 9.59 Å². The minimum Gasteiger partial charge on any atom is -0.455 e. The molecule has 0 spiro atoms. The number of thioether (sulfide) groups is 1. The Morgan fingerprint density at radius 2 is 2.00 bits per heavy atom. The lowest BCUT2D eigenvalue weighted by molar-refractivity contribution is -0.144. The molecular weight excluding hydrogens is 399 g/mol. The Hall–Kier alpha value is -2.22. The molecule has 9 heteroatoms. The lowest BCUT2D eigenvalue weighted by Crippen LogP contribution is -2.21. The second kappa shape index (κ2) is 8.44. The highest BCUT2D eigenvalue weighted by Crippen LogP contribution is 2.25. The highest BCUT2D eigenvalue weighted by atomic mass is 35.5. The first-order valence-electron chi connectivity index (χ1n) is 7.40. The van der Waals surface area contributed by atoms with E-state index in [0.717, 1.165) is 11.8 Å². The van der Waals surface area contributed by atoms with Crippen molar-refractivity contribution in [1.29, 1.82) is 0 Å². The van der Waals surface area contributed by atoms with Gasteiger partial charge in [0.1, 0.15) is 11.3 Å². The average molecular weight is 411 g/mol. The van der Waals surface area contributed by atoms with Gasteiger partial charge in [0.15, 0.2) is 12.2 Å². The molecule has 3 rings (SSSR count). The zero-order chi connectivity index (χ0) is 18.5. The van der Waals surface area contributed by atoms with Gasteiger partial charge in [0.2, 0.25) is 0 Å². The maximum atomic E-state index is 11.8. The molecule has 0 bridgehead atoms. The first-order valence-corrected chi connectivity index (χ1v) is 9.14. The van der Waals surface area contributed by atoms with Crippen LogP contribution in [0.1, 0.15) is 0 Å². The van der Waals surface area contributed by atoms with Crippen LogP contribution in [0.2, 0.25) is 10.0 Å². The Kier molecular flexibility index (Phi) is 6.03. The van der Waals surface area contributed by atoms with Gasteiger partial charge >= 0.3 is 5.97 Å². The summed E-state index contributed by atoms with van der Waals surface area (Å²) < 4.78 is 10.4. The van der Waals surface area contributed by atoms with Crippen LogP contribution in [0, 0.1) is 0 Å². The molecular formula is C17H12Cl2N2O4S. The van der Waals surface area contributed by atoms with Crippen molar-refractivity contribution in [3.05, 3.63) is 52.5 Å². The van der Waals surface area contributed by atoms with E-state index in [2.05, 4.69) is 10.3 Å². The Balaban J connectivity index is 1.46. The maximum Gasteiger partial charge on any atom is 0.316 e. The number of nitrogens with one attached hydrogen (secondary N) is 1. The molecule has 1 amide bonds. The number of fused-ring (bicyclic) bond motifs is 1. The number of hydrogen-bond donors (Lipinski definition) is 1. The maximum absolute atomic E-state index is 11.8. The molecule has 0 atom stereocenters.